The van der Waals surface area contributed by atoms with Gasteiger partial charge in [-0.2, -0.15) is 0 Å². The van der Waals surface area contributed by atoms with Crippen molar-refractivity contribution in [1.82, 2.24) is 0 Å². The van der Waals surface area contributed by atoms with Crippen LogP contribution < -0.4 is 0 Å². The molecule has 1 unspecified atom stereocenters. The second-order valence-electron chi connectivity index (χ2n) is 19.9. The monoisotopic (exact) mass is 877 g/mol. The molecule has 6 nitrogen and oxygen atoms in total. The van der Waals surface area contributed by atoms with Gasteiger partial charge in [-0.1, -0.05) is 272 Å². The summed E-state index contributed by atoms with van der Waals surface area (Å²) < 4.78 is 16.9. The van der Waals surface area contributed by atoms with Crippen LogP contribution >= 0.6 is 0 Å². The van der Waals surface area contributed by atoms with Crippen LogP contribution in [0.15, 0.2) is 0 Å². The maximum absolute atomic E-state index is 12.8. The van der Waals surface area contributed by atoms with E-state index in [1.807, 2.05) is 0 Å². The predicted octanol–water partition coefficient (Wildman–Crippen LogP) is 18.1. The number of hydrogen-bond acceptors (Lipinski definition) is 6. The lowest BCUT2D eigenvalue weighted by Gasteiger charge is -2.18. The molecule has 62 heavy (non-hydrogen) atoms. The van der Waals surface area contributed by atoms with E-state index in [2.05, 4.69) is 34.6 Å². The van der Waals surface area contributed by atoms with Crippen LogP contribution in [0.1, 0.15) is 311 Å². The van der Waals surface area contributed by atoms with Crippen LogP contribution in [0, 0.1) is 11.8 Å². The third-order valence-corrected chi connectivity index (χ3v) is 13.1. The highest BCUT2D eigenvalue weighted by molar-refractivity contribution is 5.71. The van der Waals surface area contributed by atoms with Crippen LogP contribution in [-0.2, 0) is 28.6 Å². The minimum absolute atomic E-state index is 0.0636. The zero-order valence-electron chi connectivity index (χ0n) is 42.5. The van der Waals surface area contributed by atoms with Gasteiger partial charge >= 0.3 is 17.9 Å². The number of carbonyl (C=O) groups is 3. The van der Waals surface area contributed by atoms with Crippen LogP contribution in [0.3, 0.4) is 0 Å². The molecule has 0 aromatic carbocycles. The molecule has 0 saturated heterocycles. The Kier molecular flexibility index (Phi) is 47.6. The van der Waals surface area contributed by atoms with E-state index in [9.17, 15) is 14.4 Å². The van der Waals surface area contributed by atoms with E-state index in [-0.39, 0.29) is 31.1 Å². The maximum atomic E-state index is 12.8. The average Bonchev–Trinajstić information content (AvgIpc) is 3.26. The molecule has 0 N–H and O–H groups in total. The van der Waals surface area contributed by atoms with Crippen molar-refractivity contribution in [1.29, 1.82) is 0 Å². The first-order valence-corrected chi connectivity index (χ1v) is 27.8. The highest BCUT2D eigenvalue weighted by Crippen LogP contribution is 2.18. The minimum atomic E-state index is -0.763. The molecule has 0 spiro atoms. The van der Waals surface area contributed by atoms with Gasteiger partial charge in [-0.05, 0) is 31.1 Å². The van der Waals surface area contributed by atoms with Gasteiger partial charge in [0.2, 0.25) is 0 Å². The van der Waals surface area contributed by atoms with E-state index in [1.54, 1.807) is 0 Å². The first kappa shape index (κ1) is 60.4. The summed E-state index contributed by atoms with van der Waals surface area (Å²) in [6.45, 7) is 11.4. The molecule has 2 atom stereocenters. The fraction of sp³-hybridized carbons (Fsp3) is 0.946. The highest BCUT2D eigenvalue weighted by Gasteiger charge is 2.19. The average molecular weight is 877 g/mol. The molecule has 0 aliphatic heterocycles. The lowest BCUT2D eigenvalue weighted by atomic mass is 9.99. The van der Waals surface area contributed by atoms with Crippen LogP contribution in [0.4, 0.5) is 0 Å². The fourth-order valence-electron chi connectivity index (χ4n) is 8.49. The highest BCUT2D eigenvalue weighted by atomic mass is 16.6. The van der Waals surface area contributed by atoms with Crippen molar-refractivity contribution in [2.45, 2.75) is 317 Å². The molecule has 0 aliphatic carbocycles. The molecule has 0 radical (unpaired) electrons. The van der Waals surface area contributed by atoms with E-state index in [4.69, 9.17) is 14.2 Å². The predicted molar refractivity (Wildman–Crippen MR) is 266 cm³/mol. The zero-order valence-corrected chi connectivity index (χ0v) is 42.5. The van der Waals surface area contributed by atoms with Gasteiger partial charge in [0.25, 0.3) is 0 Å². The van der Waals surface area contributed by atoms with Crippen molar-refractivity contribution in [2.24, 2.45) is 11.8 Å². The number of ether oxygens (including phenoxy) is 3. The second-order valence-corrected chi connectivity index (χ2v) is 19.9. The third-order valence-electron chi connectivity index (χ3n) is 13.1. The Morgan fingerprint density at radius 3 is 0.919 bits per heavy atom. The van der Waals surface area contributed by atoms with Gasteiger partial charge < -0.3 is 14.2 Å². The van der Waals surface area contributed by atoms with Crippen molar-refractivity contribution in [3.05, 3.63) is 0 Å². The summed E-state index contributed by atoms with van der Waals surface area (Å²) in [5.41, 5.74) is 0. The summed E-state index contributed by atoms with van der Waals surface area (Å²) in [6, 6.07) is 0. The molecule has 0 fully saturated rings. The molecule has 0 aromatic heterocycles. The first-order valence-electron chi connectivity index (χ1n) is 27.8. The topological polar surface area (TPSA) is 78.9 Å². The minimum Gasteiger partial charge on any atom is -0.462 e. The van der Waals surface area contributed by atoms with Crippen molar-refractivity contribution in [3.8, 4) is 0 Å². The lowest BCUT2D eigenvalue weighted by Crippen LogP contribution is -2.30. The van der Waals surface area contributed by atoms with Gasteiger partial charge in [-0.3, -0.25) is 14.4 Å². The molecule has 0 saturated carbocycles. The third kappa shape index (κ3) is 47.9. The summed E-state index contributed by atoms with van der Waals surface area (Å²) in [6.07, 6.45) is 50.9. The van der Waals surface area contributed by atoms with Crippen molar-refractivity contribution >= 4 is 17.9 Å². The molecule has 0 amide bonds. The fourth-order valence-corrected chi connectivity index (χ4v) is 8.49. The Morgan fingerprint density at radius 1 is 0.339 bits per heavy atom. The van der Waals surface area contributed by atoms with Crippen LogP contribution in [-0.4, -0.2) is 37.2 Å². The lowest BCUT2D eigenvalue weighted by molar-refractivity contribution is -0.167. The van der Waals surface area contributed by atoms with E-state index in [0.717, 1.165) is 69.6 Å². The first-order chi connectivity index (χ1) is 30.3. The zero-order chi connectivity index (χ0) is 45.4. The second kappa shape index (κ2) is 48.9. The van der Waals surface area contributed by atoms with Crippen LogP contribution in [0.5, 0.6) is 0 Å². The molecular weight excluding hydrogens is 769 g/mol. The standard InChI is InChI=1S/C56H108O6/c1-6-8-9-10-11-12-13-14-15-16-17-18-19-22-25-31-36-41-46-54(57)60-49-53(62-56(59)48-43-38-33-28-27-30-35-40-45-52(5)7-2)50-61-55(58)47-42-37-32-26-23-20-21-24-29-34-39-44-51(3)4/h51-53H,6-50H2,1-5H3/t52?,53-/m1/s1. The number of unbranched alkanes of at least 4 members (excludes halogenated alkanes) is 34. The van der Waals surface area contributed by atoms with Gasteiger partial charge in [0, 0.05) is 19.3 Å². The van der Waals surface area contributed by atoms with Gasteiger partial charge in [-0.15, -0.1) is 0 Å². The van der Waals surface area contributed by atoms with Gasteiger partial charge in [0.1, 0.15) is 13.2 Å². The van der Waals surface area contributed by atoms with E-state index >= 15 is 0 Å². The Bertz CT molecular complexity index is 949. The quantitative estimate of drug-likeness (QED) is 0.0344. The summed E-state index contributed by atoms with van der Waals surface area (Å²) in [7, 11) is 0. The Morgan fingerprint density at radius 2 is 0.613 bits per heavy atom. The summed E-state index contributed by atoms with van der Waals surface area (Å²) in [4.78, 5) is 38.0. The van der Waals surface area contributed by atoms with Crippen LogP contribution in [0.25, 0.3) is 0 Å². The number of esters is 3. The summed E-state index contributed by atoms with van der Waals surface area (Å²) in [5.74, 6) is 0.826. The number of carbonyl (C=O) groups excluding carboxylic acids is 3. The van der Waals surface area contributed by atoms with E-state index < -0.39 is 6.10 Å². The van der Waals surface area contributed by atoms with Crippen molar-refractivity contribution < 1.29 is 28.6 Å². The maximum Gasteiger partial charge on any atom is 0.306 e. The molecule has 0 rings (SSSR count). The Hall–Kier alpha value is -1.59. The molecule has 6 heteroatoms. The largest absolute Gasteiger partial charge is 0.462 e. The van der Waals surface area contributed by atoms with Crippen molar-refractivity contribution in [3.63, 3.8) is 0 Å². The van der Waals surface area contributed by atoms with Gasteiger partial charge in [0.15, 0.2) is 6.10 Å². The molecule has 0 aromatic rings. The Labute approximate surface area is 387 Å². The number of rotatable bonds is 50. The molecular formula is C56H108O6. The van der Waals surface area contributed by atoms with Crippen LogP contribution in [0.2, 0.25) is 0 Å². The van der Waals surface area contributed by atoms with Gasteiger partial charge in [0.05, 0.1) is 0 Å². The Balaban J connectivity index is 4.28. The SMILES string of the molecule is CCCCCCCCCCCCCCCCCCCCC(=O)OC[C@H](COC(=O)CCCCCCCCCCCCCC(C)C)OC(=O)CCCCCCCCCCC(C)CC. The molecule has 368 valence electrons. The van der Waals surface area contributed by atoms with Crippen molar-refractivity contribution in [2.75, 3.05) is 13.2 Å². The normalized spacial score (nSPS) is 12.5. The summed E-state index contributed by atoms with van der Waals surface area (Å²) >= 11 is 0. The molecule has 0 bridgehead atoms. The van der Waals surface area contributed by atoms with E-state index in [0.29, 0.717) is 19.3 Å². The molecule has 0 heterocycles. The van der Waals surface area contributed by atoms with E-state index in [1.165, 1.54) is 199 Å². The van der Waals surface area contributed by atoms with Gasteiger partial charge in [-0.25, -0.2) is 0 Å². The summed E-state index contributed by atoms with van der Waals surface area (Å²) in [5, 5.41) is 0. The molecule has 0 aliphatic rings. The number of hydrogen-bond donors (Lipinski definition) is 0. The smallest absolute Gasteiger partial charge is 0.306 e.